The van der Waals surface area contributed by atoms with Crippen molar-refractivity contribution in [2.75, 3.05) is 32.6 Å². The molecule has 0 saturated carbocycles. The van der Waals surface area contributed by atoms with Crippen LogP contribution >= 0.6 is 0 Å². The average molecular weight is 271 g/mol. The van der Waals surface area contributed by atoms with Crippen LogP contribution in [-0.4, -0.2) is 41.0 Å². The summed E-state index contributed by atoms with van der Waals surface area (Å²) in [5.74, 6) is 0.355. The van der Waals surface area contributed by atoms with E-state index in [2.05, 4.69) is 5.32 Å². The molecule has 0 unspecified atom stereocenters. The maximum Gasteiger partial charge on any atom is 0.154 e. The van der Waals surface area contributed by atoms with E-state index in [1.165, 1.54) is 0 Å². The van der Waals surface area contributed by atoms with Gasteiger partial charge in [0.15, 0.2) is 9.84 Å². The van der Waals surface area contributed by atoms with Gasteiger partial charge in [0.05, 0.1) is 18.1 Å². The SMILES string of the molecule is COCCNCCCS(=O)(=O)Cc1ccccc1. The molecule has 0 bridgehead atoms. The van der Waals surface area contributed by atoms with Crippen molar-refractivity contribution in [3.8, 4) is 0 Å². The lowest BCUT2D eigenvalue weighted by molar-refractivity contribution is 0.199. The fourth-order valence-corrected chi connectivity index (χ4v) is 3.05. The molecule has 0 spiro atoms. The Morgan fingerprint density at radius 1 is 1.17 bits per heavy atom. The largest absolute Gasteiger partial charge is 0.383 e. The molecule has 4 nitrogen and oxygen atoms in total. The first-order chi connectivity index (χ1) is 8.64. The smallest absolute Gasteiger partial charge is 0.154 e. The van der Waals surface area contributed by atoms with Crippen molar-refractivity contribution in [2.24, 2.45) is 0 Å². The van der Waals surface area contributed by atoms with E-state index in [4.69, 9.17) is 4.74 Å². The van der Waals surface area contributed by atoms with Gasteiger partial charge in [-0.2, -0.15) is 0 Å². The minimum atomic E-state index is -3.00. The molecule has 0 fully saturated rings. The Kier molecular flexibility index (Phi) is 6.93. The second-order valence-electron chi connectivity index (χ2n) is 4.17. The lowest BCUT2D eigenvalue weighted by Crippen LogP contribution is -2.22. The van der Waals surface area contributed by atoms with Crippen molar-refractivity contribution in [2.45, 2.75) is 12.2 Å². The molecule has 1 rings (SSSR count). The Morgan fingerprint density at radius 3 is 2.56 bits per heavy atom. The highest BCUT2D eigenvalue weighted by molar-refractivity contribution is 7.90. The number of rotatable bonds is 9. The van der Waals surface area contributed by atoms with Gasteiger partial charge in [0.1, 0.15) is 0 Å². The summed E-state index contributed by atoms with van der Waals surface area (Å²) in [4.78, 5) is 0. The number of sulfone groups is 1. The van der Waals surface area contributed by atoms with E-state index in [0.29, 0.717) is 19.6 Å². The standard InChI is InChI=1S/C13H21NO3S/c1-17-10-9-14-8-5-11-18(15,16)12-13-6-3-2-4-7-13/h2-4,6-7,14H,5,8-12H2,1H3. The van der Waals surface area contributed by atoms with Gasteiger partial charge in [0.25, 0.3) is 0 Å². The van der Waals surface area contributed by atoms with Crippen LogP contribution in [0.15, 0.2) is 30.3 Å². The van der Waals surface area contributed by atoms with Crippen molar-refractivity contribution in [1.82, 2.24) is 5.32 Å². The fourth-order valence-electron chi connectivity index (χ4n) is 1.62. The molecular weight excluding hydrogens is 250 g/mol. The van der Waals surface area contributed by atoms with E-state index in [9.17, 15) is 8.42 Å². The van der Waals surface area contributed by atoms with E-state index < -0.39 is 9.84 Å². The molecular formula is C13H21NO3S. The number of hydrogen-bond donors (Lipinski definition) is 1. The van der Waals surface area contributed by atoms with Gasteiger partial charge in [0, 0.05) is 13.7 Å². The Labute approximate surface area is 109 Å². The third kappa shape index (κ3) is 6.74. The van der Waals surface area contributed by atoms with Crippen LogP contribution in [0.3, 0.4) is 0 Å². The number of nitrogens with one attached hydrogen (secondary N) is 1. The van der Waals surface area contributed by atoms with Gasteiger partial charge in [0.2, 0.25) is 0 Å². The monoisotopic (exact) mass is 271 g/mol. The minimum absolute atomic E-state index is 0.131. The summed E-state index contributed by atoms with van der Waals surface area (Å²) in [6.07, 6.45) is 0.638. The minimum Gasteiger partial charge on any atom is -0.383 e. The molecule has 0 amide bonds. The predicted molar refractivity (Wildman–Crippen MR) is 73.3 cm³/mol. The van der Waals surface area contributed by atoms with E-state index in [1.54, 1.807) is 7.11 Å². The first-order valence-corrected chi connectivity index (χ1v) is 7.90. The molecule has 102 valence electrons. The maximum atomic E-state index is 11.8. The summed E-state index contributed by atoms with van der Waals surface area (Å²) in [6.45, 7) is 2.11. The molecule has 0 aromatic heterocycles. The van der Waals surface area contributed by atoms with E-state index >= 15 is 0 Å². The van der Waals surface area contributed by atoms with Gasteiger partial charge in [-0.25, -0.2) is 8.42 Å². The molecule has 0 aliphatic rings. The normalized spacial score (nSPS) is 11.6. The first-order valence-electron chi connectivity index (χ1n) is 6.08. The third-order valence-corrected chi connectivity index (χ3v) is 4.21. The highest BCUT2D eigenvalue weighted by Crippen LogP contribution is 2.06. The number of benzene rings is 1. The van der Waals surface area contributed by atoms with Gasteiger partial charge >= 0.3 is 0 Å². The molecule has 0 atom stereocenters. The second kappa shape index (κ2) is 8.24. The summed E-state index contributed by atoms with van der Waals surface area (Å²) >= 11 is 0. The van der Waals surface area contributed by atoms with Crippen molar-refractivity contribution in [3.05, 3.63) is 35.9 Å². The molecule has 0 aliphatic heterocycles. The highest BCUT2D eigenvalue weighted by atomic mass is 32.2. The molecule has 0 heterocycles. The van der Waals surface area contributed by atoms with Crippen molar-refractivity contribution in [1.29, 1.82) is 0 Å². The maximum absolute atomic E-state index is 11.8. The first kappa shape index (κ1) is 15.1. The van der Waals surface area contributed by atoms with Gasteiger partial charge in [-0.15, -0.1) is 0 Å². The Bertz CT molecular complexity index is 417. The van der Waals surface area contributed by atoms with Crippen molar-refractivity contribution < 1.29 is 13.2 Å². The van der Waals surface area contributed by atoms with E-state index in [0.717, 1.165) is 12.1 Å². The summed E-state index contributed by atoms with van der Waals surface area (Å²) in [6, 6.07) is 9.28. The zero-order valence-corrected chi connectivity index (χ0v) is 11.6. The molecule has 18 heavy (non-hydrogen) atoms. The zero-order valence-electron chi connectivity index (χ0n) is 10.8. The molecule has 1 aromatic carbocycles. The fraction of sp³-hybridized carbons (Fsp3) is 0.538. The number of hydrogen-bond acceptors (Lipinski definition) is 4. The van der Waals surface area contributed by atoms with Crippen LogP contribution in [0, 0.1) is 0 Å². The average Bonchev–Trinajstić information content (AvgIpc) is 2.34. The topological polar surface area (TPSA) is 55.4 Å². The van der Waals surface area contributed by atoms with Crippen LogP contribution in [0.2, 0.25) is 0 Å². The van der Waals surface area contributed by atoms with Crippen LogP contribution in [0.4, 0.5) is 0 Å². The summed E-state index contributed by atoms with van der Waals surface area (Å²) in [5.41, 5.74) is 0.852. The van der Waals surface area contributed by atoms with Gasteiger partial charge in [-0.05, 0) is 18.5 Å². The highest BCUT2D eigenvalue weighted by Gasteiger charge is 2.10. The van der Waals surface area contributed by atoms with Crippen LogP contribution < -0.4 is 5.32 Å². The zero-order chi connectivity index (χ0) is 13.3. The molecule has 0 radical (unpaired) electrons. The lowest BCUT2D eigenvalue weighted by Gasteiger charge is -2.06. The van der Waals surface area contributed by atoms with E-state index in [1.807, 2.05) is 30.3 Å². The predicted octanol–water partition coefficient (Wildman–Crippen LogP) is 1.23. The van der Waals surface area contributed by atoms with Crippen LogP contribution in [-0.2, 0) is 20.3 Å². The number of methoxy groups -OCH3 is 1. The number of ether oxygens (including phenoxy) is 1. The summed E-state index contributed by atoms with van der Waals surface area (Å²) in [5, 5.41) is 3.13. The summed E-state index contributed by atoms with van der Waals surface area (Å²) < 4.78 is 28.6. The quantitative estimate of drug-likeness (QED) is 0.686. The van der Waals surface area contributed by atoms with Crippen molar-refractivity contribution in [3.63, 3.8) is 0 Å². The van der Waals surface area contributed by atoms with Gasteiger partial charge in [-0.3, -0.25) is 0 Å². The van der Waals surface area contributed by atoms with E-state index in [-0.39, 0.29) is 11.5 Å². The van der Waals surface area contributed by atoms with Gasteiger partial charge < -0.3 is 10.1 Å². The lowest BCUT2D eigenvalue weighted by atomic mass is 10.2. The molecule has 1 aromatic rings. The third-order valence-electron chi connectivity index (χ3n) is 2.52. The second-order valence-corrected chi connectivity index (χ2v) is 6.36. The van der Waals surface area contributed by atoms with Crippen LogP contribution in [0.1, 0.15) is 12.0 Å². The molecule has 5 heteroatoms. The molecule has 0 aliphatic carbocycles. The van der Waals surface area contributed by atoms with Crippen molar-refractivity contribution >= 4 is 9.84 Å². The van der Waals surface area contributed by atoms with Crippen LogP contribution in [0.5, 0.6) is 0 Å². The molecule has 0 saturated heterocycles. The Hall–Kier alpha value is -0.910. The summed E-state index contributed by atoms with van der Waals surface area (Å²) in [7, 11) is -1.35. The van der Waals surface area contributed by atoms with Crippen LogP contribution in [0.25, 0.3) is 0 Å². The van der Waals surface area contributed by atoms with Gasteiger partial charge in [-0.1, -0.05) is 30.3 Å². The molecule has 1 N–H and O–H groups in total. The Morgan fingerprint density at radius 2 is 1.89 bits per heavy atom. The Balaban J connectivity index is 2.24.